The zero-order valence-electron chi connectivity index (χ0n) is 17.2. The Morgan fingerprint density at radius 3 is 2.74 bits per heavy atom. The number of halogens is 1. The molecule has 1 aromatic carbocycles. The number of H-pyrrole nitrogens is 1. The van der Waals surface area contributed by atoms with E-state index in [1.807, 2.05) is 18.2 Å². The van der Waals surface area contributed by atoms with Crippen LogP contribution in [0.5, 0.6) is 0 Å². The monoisotopic (exact) mass is 442 g/mol. The number of hydrogen-bond donors (Lipinski definition) is 3. The molecule has 0 amide bonds. The van der Waals surface area contributed by atoms with Gasteiger partial charge in [-0.25, -0.2) is 4.79 Å². The molecule has 3 aromatic heterocycles. The fourth-order valence-electron chi connectivity index (χ4n) is 4.33. The van der Waals surface area contributed by atoms with Gasteiger partial charge in [-0.05, 0) is 37.0 Å². The molecule has 0 aliphatic heterocycles. The maximum absolute atomic E-state index is 13.3. The lowest BCUT2D eigenvalue weighted by atomic mass is 9.81. The third-order valence-electron chi connectivity index (χ3n) is 6.18. The Balaban J connectivity index is 1.55. The Hall–Kier alpha value is -3.04. The number of aromatic amines is 1. The average Bonchev–Trinajstić information content (AvgIpc) is 3.28. The molecule has 0 spiro atoms. The van der Waals surface area contributed by atoms with E-state index >= 15 is 0 Å². The van der Waals surface area contributed by atoms with Crippen LogP contribution in [0.1, 0.15) is 18.5 Å². The number of aliphatic hydroxyl groups excluding tert-OH is 1. The van der Waals surface area contributed by atoms with Crippen LogP contribution in [0.25, 0.3) is 22.1 Å². The van der Waals surface area contributed by atoms with Crippen molar-refractivity contribution in [1.82, 2.24) is 23.7 Å². The number of fused-ring (bicyclic) bond motifs is 2. The molecule has 0 atom stereocenters. The van der Waals surface area contributed by atoms with Crippen molar-refractivity contribution in [3.05, 3.63) is 55.8 Å². The van der Waals surface area contributed by atoms with Crippen LogP contribution in [0.3, 0.4) is 0 Å². The second-order valence-electron chi connectivity index (χ2n) is 8.26. The van der Waals surface area contributed by atoms with Crippen LogP contribution in [0.2, 0.25) is 5.02 Å². The number of benzene rings is 1. The predicted octanol–water partition coefficient (Wildman–Crippen LogP) is 1.80. The fraction of sp³-hybridized carbons (Fsp3) is 0.381. The molecule has 0 radical (unpaired) electrons. The van der Waals surface area contributed by atoms with E-state index < -0.39 is 11.2 Å². The van der Waals surface area contributed by atoms with Crippen molar-refractivity contribution in [2.24, 2.45) is 20.0 Å². The molecule has 9 nitrogen and oxygen atoms in total. The largest absolute Gasteiger partial charge is 0.396 e. The molecule has 0 unspecified atom stereocenters. The van der Waals surface area contributed by atoms with E-state index in [4.69, 9.17) is 11.6 Å². The summed E-state index contributed by atoms with van der Waals surface area (Å²) in [5, 5.41) is 14.0. The summed E-state index contributed by atoms with van der Waals surface area (Å²) in [6.45, 7) is 0.278. The number of imidazole rings is 1. The lowest BCUT2D eigenvalue weighted by Crippen LogP contribution is -2.40. The number of nitrogens with zero attached hydrogens (tertiary/aromatic N) is 4. The summed E-state index contributed by atoms with van der Waals surface area (Å²) >= 11 is 6.25. The Kier molecular flexibility index (Phi) is 4.67. The van der Waals surface area contributed by atoms with E-state index in [9.17, 15) is 14.7 Å². The smallest absolute Gasteiger partial charge is 0.332 e. The Morgan fingerprint density at radius 2 is 2.03 bits per heavy atom. The second kappa shape index (κ2) is 7.28. The molecule has 1 aliphatic carbocycles. The molecule has 162 valence electrons. The summed E-state index contributed by atoms with van der Waals surface area (Å²) in [6.07, 6.45) is 1.71. The number of hydrogen-bond acceptors (Lipinski definition) is 5. The summed E-state index contributed by atoms with van der Waals surface area (Å²) < 4.78 is 4.30. The van der Waals surface area contributed by atoms with E-state index in [0.29, 0.717) is 33.7 Å². The second-order valence-corrected chi connectivity index (χ2v) is 8.66. The lowest BCUT2D eigenvalue weighted by Gasteiger charge is -2.34. The molecule has 3 heterocycles. The van der Waals surface area contributed by atoms with Gasteiger partial charge in [0.05, 0.1) is 6.54 Å². The average molecular weight is 443 g/mol. The van der Waals surface area contributed by atoms with E-state index in [1.165, 1.54) is 9.13 Å². The minimum atomic E-state index is -0.434. The van der Waals surface area contributed by atoms with Gasteiger partial charge >= 0.3 is 5.69 Å². The number of aliphatic hydroxyl groups is 1. The van der Waals surface area contributed by atoms with Crippen molar-refractivity contribution in [2.45, 2.75) is 25.4 Å². The van der Waals surface area contributed by atoms with E-state index in [1.54, 1.807) is 24.7 Å². The number of rotatable bonds is 5. The van der Waals surface area contributed by atoms with E-state index in [-0.39, 0.29) is 19.2 Å². The van der Waals surface area contributed by atoms with Crippen LogP contribution in [-0.2, 0) is 20.6 Å². The summed E-state index contributed by atoms with van der Waals surface area (Å²) in [5.41, 5.74) is 1.43. The maximum atomic E-state index is 13.3. The summed E-state index contributed by atoms with van der Waals surface area (Å²) in [7, 11) is 3.38. The molecule has 5 rings (SSSR count). The van der Waals surface area contributed by atoms with Gasteiger partial charge in [0.1, 0.15) is 0 Å². The van der Waals surface area contributed by atoms with Gasteiger partial charge in [-0.15, -0.1) is 0 Å². The van der Waals surface area contributed by atoms with Gasteiger partial charge in [0.15, 0.2) is 11.2 Å². The van der Waals surface area contributed by atoms with Crippen molar-refractivity contribution < 1.29 is 5.11 Å². The van der Waals surface area contributed by atoms with E-state index in [0.717, 1.165) is 23.7 Å². The highest BCUT2D eigenvalue weighted by atomic mass is 35.5. The molecule has 3 N–H and O–H groups in total. The highest BCUT2D eigenvalue weighted by Crippen LogP contribution is 2.30. The van der Waals surface area contributed by atoms with Crippen LogP contribution < -0.4 is 16.6 Å². The summed E-state index contributed by atoms with van der Waals surface area (Å²) in [6, 6.07) is 7.60. The number of anilines is 1. The van der Waals surface area contributed by atoms with Crippen LogP contribution >= 0.6 is 11.6 Å². The van der Waals surface area contributed by atoms with Crippen molar-refractivity contribution in [1.29, 1.82) is 0 Å². The maximum Gasteiger partial charge on any atom is 0.332 e. The molecule has 1 aliphatic rings. The molecule has 0 saturated heterocycles. The summed E-state index contributed by atoms with van der Waals surface area (Å²) in [4.78, 5) is 34.0. The first-order valence-corrected chi connectivity index (χ1v) is 10.5. The van der Waals surface area contributed by atoms with Gasteiger partial charge in [0.2, 0.25) is 5.95 Å². The van der Waals surface area contributed by atoms with Crippen molar-refractivity contribution in [3.63, 3.8) is 0 Å². The van der Waals surface area contributed by atoms with Crippen LogP contribution in [0, 0.1) is 5.92 Å². The highest BCUT2D eigenvalue weighted by molar-refractivity contribution is 6.35. The number of aromatic nitrogens is 5. The SMILES string of the molecule is Cn1c(N[C@H]2C[C@H](CO)C2)nc2c1c(=O)n(Cc1cc3c(Cl)cccc3[nH]1)c(=O)n2C. The zero-order chi connectivity index (χ0) is 21.9. The topological polar surface area (TPSA) is 110 Å². The van der Waals surface area contributed by atoms with Gasteiger partial charge in [-0.2, -0.15) is 4.98 Å². The van der Waals surface area contributed by atoms with Crippen LogP contribution in [-0.4, -0.2) is 41.4 Å². The minimum Gasteiger partial charge on any atom is -0.396 e. The quantitative estimate of drug-likeness (QED) is 0.436. The van der Waals surface area contributed by atoms with Crippen LogP contribution in [0.15, 0.2) is 33.9 Å². The Morgan fingerprint density at radius 1 is 1.26 bits per heavy atom. The number of aryl methyl sites for hydroxylation is 2. The molecule has 31 heavy (non-hydrogen) atoms. The molecule has 10 heteroatoms. The third kappa shape index (κ3) is 3.16. The van der Waals surface area contributed by atoms with Gasteiger partial charge in [-0.1, -0.05) is 17.7 Å². The molecule has 1 fully saturated rings. The molecule has 0 bridgehead atoms. The Labute approximate surface area is 181 Å². The van der Waals surface area contributed by atoms with Gasteiger partial charge < -0.3 is 20.0 Å². The first-order valence-electron chi connectivity index (χ1n) is 10.2. The highest BCUT2D eigenvalue weighted by Gasteiger charge is 2.30. The van der Waals surface area contributed by atoms with Crippen LogP contribution in [0.4, 0.5) is 5.95 Å². The predicted molar refractivity (Wildman–Crippen MR) is 120 cm³/mol. The molecular formula is C21H23ClN6O3. The van der Waals surface area contributed by atoms with Gasteiger partial charge in [0, 0.05) is 48.4 Å². The minimum absolute atomic E-state index is 0.0984. The first kappa shape index (κ1) is 19.9. The summed E-state index contributed by atoms with van der Waals surface area (Å²) in [5.74, 6) is 0.845. The van der Waals surface area contributed by atoms with Crippen molar-refractivity contribution in [3.8, 4) is 0 Å². The molecule has 1 saturated carbocycles. The van der Waals surface area contributed by atoms with Gasteiger partial charge in [-0.3, -0.25) is 13.9 Å². The number of nitrogens with one attached hydrogen (secondary N) is 2. The fourth-order valence-corrected chi connectivity index (χ4v) is 4.56. The normalized spacial score (nSPS) is 18.6. The van der Waals surface area contributed by atoms with E-state index in [2.05, 4.69) is 15.3 Å². The molecule has 4 aromatic rings. The van der Waals surface area contributed by atoms with Crippen molar-refractivity contribution >= 4 is 39.6 Å². The zero-order valence-corrected chi connectivity index (χ0v) is 18.0. The van der Waals surface area contributed by atoms with Crippen molar-refractivity contribution in [2.75, 3.05) is 11.9 Å². The van der Waals surface area contributed by atoms with Gasteiger partial charge in [0.25, 0.3) is 5.56 Å². The lowest BCUT2D eigenvalue weighted by molar-refractivity contribution is 0.151. The standard InChI is InChI=1S/C21H23ClN6O3/c1-26-17-18(25-20(26)24-12-6-11(7-12)10-29)27(2)21(31)28(19(17)30)9-13-8-14-15(22)4-3-5-16(14)23-13/h3-5,8,11-12,23,29H,6-7,9-10H2,1-2H3,(H,24,25)/t11-,12-. The Bertz CT molecular complexity index is 1420. The first-order chi connectivity index (χ1) is 14.9. The third-order valence-corrected chi connectivity index (χ3v) is 6.51. The molecular weight excluding hydrogens is 420 g/mol.